The van der Waals surface area contributed by atoms with Gasteiger partial charge in [0.2, 0.25) is 20.0 Å². The van der Waals surface area contributed by atoms with Crippen molar-refractivity contribution in [3.8, 4) is 0 Å². The molecular weight excluding hydrogens is 268 g/mol. The average Bonchev–Trinajstić information content (AvgIpc) is 2.01. The molecule has 0 saturated heterocycles. The monoisotopic (exact) mass is 278 g/mol. The van der Waals surface area contributed by atoms with Gasteiger partial charge in [-0.2, -0.15) is 0 Å². The van der Waals surface area contributed by atoms with Gasteiger partial charge in [0.25, 0.3) is 0 Å². The molecule has 1 aromatic carbocycles. The first-order valence-electron chi connectivity index (χ1n) is 3.37. The molecule has 0 heterocycles. The van der Waals surface area contributed by atoms with Crippen LogP contribution in [-0.4, -0.2) is 54.6 Å². The molecule has 15 heavy (non-hydrogen) atoms. The molecule has 82 valence electrons. The number of rotatable bonds is 2. The number of hydrogen-bond donors (Lipinski definition) is 2. The minimum Gasteiger partial charge on any atom is -1.00 e. The van der Waals surface area contributed by atoms with Crippen molar-refractivity contribution in [3.63, 3.8) is 0 Å². The Kier molecular flexibility index (Phi) is 5.19. The van der Waals surface area contributed by atoms with Crippen LogP contribution in [0, 0.1) is 0 Å². The summed E-state index contributed by atoms with van der Waals surface area (Å²) in [7, 11) is -8.15. The van der Waals surface area contributed by atoms with Crippen LogP contribution in [0.15, 0.2) is 34.1 Å². The molecular formula is C6H10CaN2O4S2. The van der Waals surface area contributed by atoms with Crippen LogP contribution in [0.3, 0.4) is 0 Å². The second-order valence-corrected chi connectivity index (χ2v) is 5.60. The van der Waals surface area contributed by atoms with Crippen LogP contribution in [0.2, 0.25) is 0 Å². The molecule has 0 aliphatic heterocycles. The van der Waals surface area contributed by atoms with E-state index < -0.39 is 29.8 Å². The molecule has 0 aliphatic carbocycles. The van der Waals surface area contributed by atoms with E-state index in [1.165, 1.54) is 12.1 Å². The van der Waals surface area contributed by atoms with E-state index in [2.05, 4.69) is 0 Å². The minimum absolute atomic E-state index is 0. The third-order valence-corrected chi connectivity index (χ3v) is 3.53. The van der Waals surface area contributed by atoms with Gasteiger partial charge in [-0.15, -0.1) is 0 Å². The van der Waals surface area contributed by atoms with Gasteiger partial charge in [-0.25, -0.2) is 27.1 Å². The Morgan fingerprint density at radius 2 is 1.13 bits per heavy atom. The topological polar surface area (TPSA) is 120 Å². The molecule has 1 rings (SSSR count). The minimum atomic E-state index is -4.08. The number of sulfonamides is 2. The van der Waals surface area contributed by atoms with Crippen LogP contribution in [-0.2, 0) is 20.0 Å². The van der Waals surface area contributed by atoms with Crippen LogP contribution < -0.4 is 10.3 Å². The summed E-state index contributed by atoms with van der Waals surface area (Å²) in [6.07, 6.45) is 0. The summed E-state index contributed by atoms with van der Waals surface area (Å²) in [6, 6.07) is 4.87. The standard InChI is InChI=1S/C6H8N2O4S2.Ca.2H/c7-13(9,10)5-3-1-2-4-6(5)14(8,11)12;;;/h1-4H,(H2,7,9,10)(H2,8,11,12);;;/q;+2;2*-1. The van der Waals surface area contributed by atoms with Gasteiger partial charge >= 0.3 is 37.7 Å². The van der Waals surface area contributed by atoms with Gasteiger partial charge in [-0.1, -0.05) is 12.1 Å². The van der Waals surface area contributed by atoms with E-state index in [0.29, 0.717) is 0 Å². The van der Waals surface area contributed by atoms with Gasteiger partial charge < -0.3 is 2.85 Å². The van der Waals surface area contributed by atoms with Crippen molar-refractivity contribution in [3.05, 3.63) is 24.3 Å². The number of nitrogens with two attached hydrogens (primary N) is 2. The molecule has 0 amide bonds. The first-order valence-corrected chi connectivity index (χ1v) is 6.47. The maximum atomic E-state index is 11.0. The van der Waals surface area contributed by atoms with E-state index in [9.17, 15) is 16.8 Å². The van der Waals surface area contributed by atoms with Gasteiger partial charge in [-0.3, -0.25) is 0 Å². The van der Waals surface area contributed by atoms with Crippen LogP contribution >= 0.6 is 0 Å². The summed E-state index contributed by atoms with van der Waals surface area (Å²) in [5, 5.41) is 9.61. The van der Waals surface area contributed by atoms with Crippen molar-refractivity contribution in [2.75, 3.05) is 0 Å². The fraction of sp³-hybridized carbons (Fsp3) is 0. The molecule has 0 fully saturated rings. The van der Waals surface area contributed by atoms with Crippen molar-refractivity contribution >= 4 is 57.8 Å². The van der Waals surface area contributed by atoms with Crippen LogP contribution in [0.1, 0.15) is 2.85 Å². The number of benzene rings is 1. The first-order chi connectivity index (χ1) is 6.23. The molecule has 9 heteroatoms. The van der Waals surface area contributed by atoms with Gasteiger partial charge in [0.1, 0.15) is 9.79 Å². The average molecular weight is 278 g/mol. The predicted octanol–water partition coefficient (Wildman–Crippen LogP) is -1.17. The van der Waals surface area contributed by atoms with Gasteiger partial charge in [0.15, 0.2) is 0 Å². The van der Waals surface area contributed by atoms with Crippen molar-refractivity contribution in [1.29, 1.82) is 0 Å². The van der Waals surface area contributed by atoms with Gasteiger partial charge in [-0.05, 0) is 12.1 Å². The van der Waals surface area contributed by atoms with Crippen LogP contribution in [0.25, 0.3) is 0 Å². The van der Waals surface area contributed by atoms with E-state index >= 15 is 0 Å². The fourth-order valence-electron chi connectivity index (χ4n) is 0.920. The quantitative estimate of drug-likeness (QED) is 0.662. The number of primary sulfonamides is 2. The summed E-state index contributed by atoms with van der Waals surface area (Å²) >= 11 is 0. The Labute approximate surface area is 121 Å². The third-order valence-electron chi connectivity index (χ3n) is 1.46. The zero-order valence-corrected chi connectivity index (χ0v) is 11.5. The molecule has 0 radical (unpaired) electrons. The normalized spacial score (nSPS) is 11.9. The van der Waals surface area contributed by atoms with Crippen molar-refractivity contribution in [1.82, 2.24) is 0 Å². The molecule has 1 aromatic rings. The molecule has 6 nitrogen and oxygen atoms in total. The first kappa shape index (κ1) is 15.3. The Balaban J connectivity index is -0.000000653. The molecule has 0 spiro atoms. The van der Waals surface area contributed by atoms with Crippen molar-refractivity contribution < 1.29 is 19.7 Å². The summed E-state index contributed by atoms with van der Waals surface area (Å²) in [5.74, 6) is 0. The number of hydrogen-bond acceptors (Lipinski definition) is 4. The SMILES string of the molecule is NS(=O)(=O)c1ccccc1S(N)(=O)=O.[Ca+2].[H-].[H-]. The molecule has 0 saturated carbocycles. The molecule has 0 atom stereocenters. The van der Waals surface area contributed by atoms with Crippen LogP contribution in [0.5, 0.6) is 0 Å². The molecule has 0 aliphatic rings. The predicted molar refractivity (Wildman–Crippen MR) is 57.2 cm³/mol. The van der Waals surface area contributed by atoms with Gasteiger partial charge in [0, 0.05) is 0 Å². The Bertz CT molecular complexity index is 510. The third kappa shape index (κ3) is 3.98. The summed E-state index contributed by atoms with van der Waals surface area (Å²) in [6.45, 7) is 0. The van der Waals surface area contributed by atoms with E-state index in [1.807, 2.05) is 0 Å². The Morgan fingerprint density at radius 3 is 1.33 bits per heavy atom. The smallest absolute Gasteiger partial charge is 1.00 e. The summed E-state index contributed by atoms with van der Waals surface area (Å²) in [4.78, 5) is -0.995. The second-order valence-electron chi connectivity index (χ2n) is 2.54. The van der Waals surface area contributed by atoms with Crippen molar-refractivity contribution in [2.24, 2.45) is 10.3 Å². The summed E-state index contributed by atoms with van der Waals surface area (Å²) in [5.41, 5.74) is 0. The summed E-state index contributed by atoms with van der Waals surface area (Å²) < 4.78 is 43.8. The zero-order valence-electron chi connectivity index (χ0n) is 9.62. The van der Waals surface area contributed by atoms with E-state index in [4.69, 9.17) is 10.3 Å². The van der Waals surface area contributed by atoms with E-state index in [1.54, 1.807) is 0 Å². The van der Waals surface area contributed by atoms with Crippen molar-refractivity contribution in [2.45, 2.75) is 9.79 Å². The Morgan fingerprint density at radius 1 is 0.867 bits per heavy atom. The molecule has 0 aromatic heterocycles. The molecule has 0 bridgehead atoms. The van der Waals surface area contributed by atoms with Gasteiger partial charge in [0.05, 0.1) is 0 Å². The molecule has 4 N–H and O–H groups in total. The van der Waals surface area contributed by atoms with Crippen LogP contribution in [0.4, 0.5) is 0 Å². The second kappa shape index (κ2) is 5.09. The Hall–Kier alpha value is 0.300. The maximum Gasteiger partial charge on any atom is 2.00 e. The molecule has 0 unspecified atom stereocenters. The van der Waals surface area contributed by atoms with E-state index in [0.717, 1.165) is 12.1 Å². The maximum absolute atomic E-state index is 11.0. The van der Waals surface area contributed by atoms with E-state index in [-0.39, 0.29) is 40.6 Å². The fourth-order valence-corrected chi connectivity index (χ4v) is 2.85. The largest absolute Gasteiger partial charge is 2.00 e. The zero-order chi connectivity index (χ0) is 11.0.